The Balaban J connectivity index is 2.04. The van der Waals surface area contributed by atoms with Crippen molar-refractivity contribution < 1.29 is 9.90 Å². The van der Waals surface area contributed by atoms with Crippen molar-refractivity contribution >= 4 is 22.4 Å². The minimum Gasteiger partial charge on any atom is -0.476 e. The molecule has 8 heteroatoms. The van der Waals surface area contributed by atoms with Gasteiger partial charge in [-0.3, -0.25) is 4.68 Å². The van der Waals surface area contributed by atoms with E-state index in [1.165, 1.54) is 11.3 Å². The van der Waals surface area contributed by atoms with Gasteiger partial charge in [0.25, 0.3) is 0 Å². The summed E-state index contributed by atoms with van der Waals surface area (Å²) in [5, 5.41) is 16.5. The molecule has 0 aliphatic rings. The molecule has 0 fully saturated rings. The zero-order chi connectivity index (χ0) is 12.4. The van der Waals surface area contributed by atoms with Crippen molar-refractivity contribution in [3.8, 4) is 0 Å². The number of hydrogen-bond donors (Lipinski definition) is 2. The second-order valence-corrected chi connectivity index (χ2v) is 4.62. The van der Waals surface area contributed by atoms with E-state index >= 15 is 0 Å². The highest BCUT2D eigenvalue weighted by Crippen LogP contribution is 2.22. The number of carboxylic acid groups (broad SMARTS) is 1. The third-order valence-electron chi connectivity index (χ3n) is 2.04. The maximum absolute atomic E-state index is 10.8. The van der Waals surface area contributed by atoms with Crippen LogP contribution >= 0.6 is 11.3 Å². The summed E-state index contributed by atoms with van der Waals surface area (Å²) in [6, 6.07) is 0. The van der Waals surface area contributed by atoms with Gasteiger partial charge in [0, 0.05) is 11.9 Å². The zero-order valence-corrected chi connectivity index (χ0v) is 10.2. The molecule has 2 N–H and O–H groups in total. The summed E-state index contributed by atoms with van der Waals surface area (Å²) in [7, 11) is 1.78. The van der Waals surface area contributed by atoms with Crippen LogP contribution in [0.2, 0.25) is 0 Å². The average molecular weight is 253 g/mol. The van der Waals surface area contributed by atoms with Gasteiger partial charge in [-0.05, 0) is 6.92 Å². The lowest BCUT2D eigenvalue weighted by atomic mass is 10.4. The fraction of sp³-hybridized carbons (Fsp3) is 0.333. The van der Waals surface area contributed by atoms with Gasteiger partial charge in [-0.1, -0.05) is 0 Å². The fourth-order valence-electron chi connectivity index (χ4n) is 1.29. The van der Waals surface area contributed by atoms with Gasteiger partial charge in [-0.2, -0.15) is 5.10 Å². The lowest BCUT2D eigenvalue weighted by Crippen LogP contribution is -2.03. The summed E-state index contributed by atoms with van der Waals surface area (Å²) >= 11 is 1.30. The maximum atomic E-state index is 10.8. The molecule has 0 aliphatic heterocycles. The zero-order valence-electron chi connectivity index (χ0n) is 9.34. The molecule has 0 atom stereocenters. The first-order chi connectivity index (χ1) is 8.06. The summed E-state index contributed by atoms with van der Waals surface area (Å²) in [6.07, 6.45) is 1.60. The minimum atomic E-state index is -1.01. The molecule has 17 heavy (non-hydrogen) atoms. The van der Waals surface area contributed by atoms with E-state index in [1.807, 2.05) is 0 Å². The highest BCUT2D eigenvalue weighted by atomic mass is 32.1. The van der Waals surface area contributed by atoms with Crippen LogP contribution in [-0.4, -0.2) is 30.8 Å². The van der Waals surface area contributed by atoms with Crippen molar-refractivity contribution in [3.05, 3.63) is 22.7 Å². The molecule has 90 valence electrons. The Morgan fingerprint density at radius 2 is 2.41 bits per heavy atom. The van der Waals surface area contributed by atoms with Crippen molar-refractivity contribution in [3.63, 3.8) is 0 Å². The van der Waals surface area contributed by atoms with Gasteiger partial charge in [0.2, 0.25) is 0 Å². The van der Waals surface area contributed by atoms with E-state index in [9.17, 15) is 4.79 Å². The van der Waals surface area contributed by atoms with Crippen LogP contribution in [0.15, 0.2) is 6.33 Å². The molecule has 0 amide bonds. The largest absolute Gasteiger partial charge is 0.476 e. The van der Waals surface area contributed by atoms with Gasteiger partial charge >= 0.3 is 5.97 Å². The van der Waals surface area contributed by atoms with Crippen molar-refractivity contribution in [2.24, 2.45) is 7.05 Å². The Labute approximate surface area is 101 Å². The number of carbonyl (C=O) groups is 1. The standard InChI is InChI=1S/C9H11N5O2S/c1-5-7(8(15)16)12-9(17-5)10-3-6-11-4-14(2)13-6/h4H,3H2,1-2H3,(H,10,12)(H,15,16). The van der Waals surface area contributed by atoms with Gasteiger partial charge in [-0.25, -0.2) is 14.8 Å². The van der Waals surface area contributed by atoms with Crippen LogP contribution in [-0.2, 0) is 13.6 Å². The van der Waals surface area contributed by atoms with Crippen molar-refractivity contribution in [1.82, 2.24) is 19.7 Å². The van der Waals surface area contributed by atoms with E-state index in [0.717, 1.165) is 0 Å². The van der Waals surface area contributed by atoms with Crippen LogP contribution < -0.4 is 5.32 Å². The highest BCUT2D eigenvalue weighted by molar-refractivity contribution is 7.15. The van der Waals surface area contributed by atoms with Crippen molar-refractivity contribution in [2.75, 3.05) is 5.32 Å². The molecule has 0 saturated heterocycles. The van der Waals surface area contributed by atoms with Crippen molar-refractivity contribution in [2.45, 2.75) is 13.5 Å². The quantitative estimate of drug-likeness (QED) is 0.840. The molecule has 2 heterocycles. The molecule has 0 aliphatic carbocycles. The van der Waals surface area contributed by atoms with Crippen LogP contribution in [0, 0.1) is 6.92 Å². The summed E-state index contributed by atoms with van der Waals surface area (Å²) in [6.45, 7) is 2.15. The van der Waals surface area contributed by atoms with Gasteiger partial charge in [0.05, 0.1) is 6.54 Å². The third kappa shape index (κ3) is 2.59. The molecule has 0 unspecified atom stereocenters. The maximum Gasteiger partial charge on any atom is 0.355 e. The number of rotatable bonds is 4. The predicted octanol–water partition coefficient (Wildman–Crippen LogP) is 0.890. The first kappa shape index (κ1) is 11.5. The third-order valence-corrected chi connectivity index (χ3v) is 2.97. The Morgan fingerprint density at radius 1 is 1.65 bits per heavy atom. The lowest BCUT2D eigenvalue weighted by Gasteiger charge is -1.96. The van der Waals surface area contributed by atoms with Crippen LogP contribution in [0.25, 0.3) is 0 Å². The predicted molar refractivity (Wildman–Crippen MR) is 62.1 cm³/mol. The molecular formula is C9H11N5O2S. The van der Waals surface area contributed by atoms with Crippen LogP contribution in [0.5, 0.6) is 0 Å². The van der Waals surface area contributed by atoms with Gasteiger partial charge in [-0.15, -0.1) is 11.3 Å². The highest BCUT2D eigenvalue weighted by Gasteiger charge is 2.13. The number of aryl methyl sites for hydroxylation is 2. The number of nitrogens with zero attached hydrogens (tertiary/aromatic N) is 4. The Morgan fingerprint density at radius 3 is 2.94 bits per heavy atom. The topological polar surface area (TPSA) is 92.9 Å². The molecule has 7 nitrogen and oxygen atoms in total. The summed E-state index contributed by atoms with van der Waals surface area (Å²) in [4.78, 5) is 19.5. The summed E-state index contributed by atoms with van der Waals surface area (Å²) in [5.74, 6) is -0.375. The smallest absolute Gasteiger partial charge is 0.355 e. The number of carboxylic acids is 1. The van der Waals surface area contributed by atoms with Crippen LogP contribution in [0.1, 0.15) is 21.2 Å². The lowest BCUT2D eigenvalue weighted by molar-refractivity contribution is 0.0690. The SMILES string of the molecule is Cc1sc(NCc2ncn(C)n2)nc1C(=O)O. The van der Waals surface area contributed by atoms with E-state index in [-0.39, 0.29) is 5.69 Å². The summed E-state index contributed by atoms with van der Waals surface area (Å²) < 4.78 is 1.60. The number of nitrogens with one attached hydrogen (secondary N) is 1. The number of aromatic carboxylic acids is 1. The molecule has 2 aromatic heterocycles. The Kier molecular flexibility index (Phi) is 3.05. The normalized spacial score (nSPS) is 10.5. The molecule has 2 aromatic rings. The fourth-order valence-corrected chi connectivity index (χ4v) is 2.09. The average Bonchev–Trinajstić information content (AvgIpc) is 2.82. The minimum absolute atomic E-state index is 0.0893. The Hall–Kier alpha value is -1.96. The monoisotopic (exact) mass is 253 g/mol. The first-order valence-electron chi connectivity index (χ1n) is 4.85. The van der Waals surface area contributed by atoms with Crippen LogP contribution in [0.3, 0.4) is 0 Å². The van der Waals surface area contributed by atoms with Gasteiger partial charge in [0.1, 0.15) is 6.33 Å². The molecular weight excluding hydrogens is 242 g/mol. The van der Waals surface area contributed by atoms with E-state index in [4.69, 9.17) is 5.11 Å². The number of hydrogen-bond acceptors (Lipinski definition) is 6. The molecule has 0 radical (unpaired) electrons. The first-order valence-corrected chi connectivity index (χ1v) is 5.67. The Bertz CT molecular complexity index is 547. The number of aromatic nitrogens is 4. The van der Waals surface area contributed by atoms with Gasteiger partial charge < -0.3 is 10.4 Å². The van der Waals surface area contributed by atoms with Gasteiger partial charge in [0.15, 0.2) is 16.6 Å². The second-order valence-electron chi connectivity index (χ2n) is 3.42. The molecule has 0 spiro atoms. The summed E-state index contributed by atoms with van der Waals surface area (Å²) in [5.41, 5.74) is 0.0893. The molecule has 0 bridgehead atoms. The molecule has 0 saturated carbocycles. The molecule has 2 rings (SSSR count). The number of thiazole rings is 1. The van der Waals surface area contributed by atoms with E-state index in [1.54, 1.807) is 25.0 Å². The van der Waals surface area contributed by atoms with E-state index < -0.39 is 5.97 Å². The van der Waals surface area contributed by atoms with Crippen molar-refractivity contribution in [1.29, 1.82) is 0 Å². The van der Waals surface area contributed by atoms with Crippen LogP contribution in [0.4, 0.5) is 5.13 Å². The number of anilines is 1. The molecule has 0 aromatic carbocycles. The van der Waals surface area contributed by atoms with E-state index in [0.29, 0.717) is 22.4 Å². The second kappa shape index (κ2) is 4.50. The van der Waals surface area contributed by atoms with E-state index in [2.05, 4.69) is 20.4 Å².